The van der Waals surface area contributed by atoms with Gasteiger partial charge in [-0.1, -0.05) is 18.2 Å². The van der Waals surface area contributed by atoms with Crippen LogP contribution in [0.1, 0.15) is 33.9 Å². The van der Waals surface area contributed by atoms with Gasteiger partial charge in [-0.25, -0.2) is 14.6 Å². The number of aliphatic carboxylic acids is 2. The third-order valence-corrected chi connectivity index (χ3v) is 4.74. The van der Waals surface area contributed by atoms with Gasteiger partial charge in [0.05, 0.1) is 17.6 Å². The van der Waals surface area contributed by atoms with Gasteiger partial charge in [0.15, 0.2) is 5.78 Å². The fourth-order valence-corrected chi connectivity index (χ4v) is 3.45. The third-order valence-electron chi connectivity index (χ3n) is 4.74. The van der Waals surface area contributed by atoms with Gasteiger partial charge in [-0.15, -0.1) is 0 Å². The Morgan fingerprint density at radius 1 is 1.17 bits per heavy atom. The first-order valence-electron chi connectivity index (χ1n) is 9.04. The SMILES string of the molecule is Cc1oc2ccccc2c1C(=O)C1CCc2nc[nH]c2C1.O=C(O)C=CC(=O)O. The minimum Gasteiger partial charge on any atom is -0.478 e. The van der Waals surface area contributed by atoms with Crippen molar-refractivity contribution in [2.24, 2.45) is 5.92 Å². The Bertz CT molecular complexity index is 1080. The maximum Gasteiger partial charge on any atom is 0.328 e. The molecule has 2 heterocycles. The number of hydrogen-bond acceptors (Lipinski definition) is 5. The molecule has 0 saturated heterocycles. The zero-order chi connectivity index (χ0) is 21.0. The van der Waals surface area contributed by atoms with Crippen molar-refractivity contribution in [3.63, 3.8) is 0 Å². The van der Waals surface area contributed by atoms with Crippen molar-refractivity contribution in [3.05, 3.63) is 65.5 Å². The summed E-state index contributed by atoms with van der Waals surface area (Å²) in [6, 6.07) is 7.75. The van der Waals surface area contributed by atoms with E-state index < -0.39 is 11.9 Å². The highest BCUT2D eigenvalue weighted by molar-refractivity contribution is 6.09. The second kappa shape index (κ2) is 8.55. The number of ketones is 1. The molecule has 1 aromatic carbocycles. The molecule has 150 valence electrons. The van der Waals surface area contributed by atoms with Gasteiger partial charge in [0, 0.05) is 29.2 Å². The predicted molar refractivity (Wildman–Crippen MR) is 104 cm³/mol. The van der Waals surface area contributed by atoms with E-state index in [2.05, 4.69) is 9.97 Å². The van der Waals surface area contributed by atoms with Crippen molar-refractivity contribution in [2.75, 3.05) is 0 Å². The Morgan fingerprint density at radius 3 is 2.55 bits per heavy atom. The summed E-state index contributed by atoms with van der Waals surface area (Å²) in [5, 5.41) is 16.6. The van der Waals surface area contributed by atoms with Gasteiger partial charge in [-0.05, 0) is 32.3 Å². The molecule has 8 nitrogen and oxygen atoms in total. The summed E-state index contributed by atoms with van der Waals surface area (Å²) >= 11 is 0. The number of para-hydroxylation sites is 1. The number of aryl methyl sites for hydroxylation is 2. The van der Waals surface area contributed by atoms with Crippen molar-refractivity contribution in [2.45, 2.75) is 26.2 Å². The number of carboxylic acid groups (broad SMARTS) is 2. The topological polar surface area (TPSA) is 133 Å². The number of nitrogens with zero attached hydrogens (tertiary/aromatic N) is 1. The number of nitrogens with one attached hydrogen (secondary N) is 1. The predicted octanol–water partition coefficient (Wildman–Crippen LogP) is 3.16. The maximum atomic E-state index is 12.9. The lowest BCUT2D eigenvalue weighted by Crippen LogP contribution is -2.23. The summed E-state index contributed by atoms with van der Waals surface area (Å²) in [5.41, 5.74) is 3.74. The van der Waals surface area contributed by atoms with Gasteiger partial charge in [0.25, 0.3) is 0 Å². The van der Waals surface area contributed by atoms with Crippen LogP contribution in [0.15, 0.2) is 47.2 Å². The van der Waals surface area contributed by atoms with Crippen LogP contribution in [0.2, 0.25) is 0 Å². The molecular weight excluding hydrogens is 376 g/mol. The van der Waals surface area contributed by atoms with Gasteiger partial charge in [-0.2, -0.15) is 0 Å². The summed E-state index contributed by atoms with van der Waals surface area (Å²) < 4.78 is 5.72. The number of aromatic amines is 1. The van der Waals surface area contributed by atoms with Crippen LogP contribution in [0.25, 0.3) is 11.0 Å². The zero-order valence-corrected chi connectivity index (χ0v) is 15.7. The van der Waals surface area contributed by atoms with Gasteiger partial charge >= 0.3 is 11.9 Å². The van der Waals surface area contributed by atoms with E-state index in [-0.39, 0.29) is 11.7 Å². The highest BCUT2D eigenvalue weighted by atomic mass is 16.4. The molecule has 4 rings (SSSR count). The Balaban J connectivity index is 0.000000258. The summed E-state index contributed by atoms with van der Waals surface area (Å²) in [5.74, 6) is -1.59. The molecule has 8 heteroatoms. The van der Waals surface area contributed by atoms with Gasteiger partial charge < -0.3 is 19.6 Å². The van der Waals surface area contributed by atoms with Crippen LogP contribution < -0.4 is 0 Å². The number of rotatable bonds is 4. The molecule has 3 aromatic rings. The first-order valence-corrected chi connectivity index (χ1v) is 9.04. The van der Waals surface area contributed by atoms with Crippen molar-refractivity contribution < 1.29 is 29.0 Å². The fourth-order valence-electron chi connectivity index (χ4n) is 3.45. The fraction of sp³-hybridized carbons (Fsp3) is 0.238. The number of fused-ring (bicyclic) bond motifs is 2. The van der Waals surface area contributed by atoms with E-state index in [0.29, 0.717) is 12.2 Å². The minimum absolute atomic E-state index is 0.0117. The number of carbonyl (C=O) groups is 3. The molecule has 1 atom stereocenters. The molecule has 0 saturated carbocycles. The molecule has 0 aliphatic heterocycles. The normalized spacial score (nSPS) is 15.6. The molecule has 0 fully saturated rings. The van der Waals surface area contributed by atoms with Crippen molar-refractivity contribution in [1.82, 2.24) is 9.97 Å². The Kier molecular flexibility index (Phi) is 5.92. The summed E-state index contributed by atoms with van der Waals surface area (Å²) in [6.07, 6.45) is 5.30. The van der Waals surface area contributed by atoms with Crippen LogP contribution in [0.4, 0.5) is 0 Å². The third kappa shape index (κ3) is 4.60. The van der Waals surface area contributed by atoms with Crippen LogP contribution in [-0.4, -0.2) is 37.9 Å². The van der Waals surface area contributed by atoms with E-state index in [4.69, 9.17) is 14.6 Å². The monoisotopic (exact) mass is 396 g/mol. The maximum absolute atomic E-state index is 12.9. The number of Topliss-reactive ketones (excluding diaryl/α,β-unsaturated/α-hetero) is 1. The summed E-state index contributed by atoms with van der Waals surface area (Å²) in [7, 11) is 0. The molecule has 2 aromatic heterocycles. The number of benzene rings is 1. The first kappa shape index (κ1) is 20.1. The molecule has 0 radical (unpaired) electrons. The van der Waals surface area contributed by atoms with Crippen LogP contribution in [0, 0.1) is 12.8 Å². The van der Waals surface area contributed by atoms with Crippen LogP contribution in [-0.2, 0) is 22.4 Å². The van der Waals surface area contributed by atoms with Crippen molar-refractivity contribution in [3.8, 4) is 0 Å². The van der Waals surface area contributed by atoms with E-state index in [9.17, 15) is 14.4 Å². The smallest absolute Gasteiger partial charge is 0.328 e. The molecule has 1 aliphatic carbocycles. The Labute approximate surface area is 165 Å². The Morgan fingerprint density at radius 2 is 1.86 bits per heavy atom. The largest absolute Gasteiger partial charge is 0.478 e. The average Bonchev–Trinajstić information content (AvgIpc) is 3.28. The van der Waals surface area contributed by atoms with E-state index in [1.54, 1.807) is 6.33 Å². The number of aromatic nitrogens is 2. The molecule has 1 unspecified atom stereocenters. The number of carbonyl (C=O) groups excluding carboxylic acids is 1. The summed E-state index contributed by atoms with van der Waals surface area (Å²) in [6.45, 7) is 1.87. The van der Waals surface area contributed by atoms with E-state index in [0.717, 1.165) is 52.9 Å². The number of carboxylic acids is 2. The zero-order valence-electron chi connectivity index (χ0n) is 15.7. The molecule has 0 amide bonds. The number of furan rings is 1. The lowest BCUT2D eigenvalue weighted by atomic mass is 9.83. The Hall–Kier alpha value is -3.68. The highest BCUT2D eigenvalue weighted by Crippen LogP contribution is 2.31. The van der Waals surface area contributed by atoms with Crippen LogP contribution in [0.3, 0.4) is 0 Å². The molecule has 3 N–H and O–H groups in total. The lowest BCUT2D eigenvalue weighted by molar-refractivity contribution is -0.134. The van der Waals surface area contributed by atoms with Crippen LogP contribution >= 0.6 is 0 Å². The van der Waals surface area contributed by atoms with Crippen LogP contribution in [0.5, 0.6) is 0 Å². The highest BCUT2D eigenvalue weighted by Gasteiger charge is 2.30. The minimum atomic E-state index is -1.26. The number of hydrogen-bond donors (Lipinski definition) is 3. The quantitative estimate of drug-likeness (QED) is 0.455. The van der Waals surface area contributed by atoms with Gasteiger partial charge in [0.2, 0.25) is 0 Å². The number of H-pyrrole nitrogens is 1. The molecule has 29 heavy (non-hydrogen) atoms. The van der Waals surface area contributed by atoms with E-state index in [1.807, 2.05) is 31.2 Å². The standard InChI is InChI=1S/C17H16N2O2.C4H4O4/c1-10-16(12-4-2-3-5-15(12)21-10)17(20)11-6-7-13-14(8-11)19-9-18-13;5-3(6)1-2-4(7)8/h2-5,9,11H,6-8H2,1H3,(H,18,19);1-2H,(H,5,6)(H,7,8). The number of imidazole rings is 1. The molecular formula is C21H20N2O6. The molecule has 0 spiro atoms. The molecule has 1 aliphatic rings. The van der Waals surface area contributed by atoms with E-state index >= 15 is 0 Å². The summed E-state index contributed by atoms with van der Waals surface area (Å²) in [4.78, 5) is 39.5. The van der Waals surface area contributed by atoms with Gasteiger partial charge in [-0.3, -0.25) is 4.79 Å². The first-order chi connectivity index (χ1) is 13.9. The second-order valence-corrected chi connectivity index (χ2v) is 6.67. The van der Waals surface area contributed by atoms with Crippen molar-refractivity contribution >= 4 is 28.7 Å². The van der Waals surface area contributed by atoms with E-state index in [1.165, 1.54) is 0 Å². The average molecular weight is 396 g/mol. The second-order valence-electron chi connectivity index (χ2n) is 6.67. The van der Waals surface area contributed by atoms with Crippen molar-refractivity contribution in [1.29, 1.82) is 0 Å². The molecule has 0 bridgehead atoms. The van der Waals surface area contributed by atoms with Gasteiger partial charge in [0.1, 0.15) is 11.3 Å². The lowest BCUT2D eigenvalue weighted by Gasteiger charge is -2.20.